The second-order valence-corrected chi connectivity index (χ2v) is 4.87. The lowest BCUT2D eigenvalue weighted by Gasteiger charge is -2.18. The quantitative estimate of drug-likeness (QED) is 0.852. The summed E-state index contributed by atoms with van der Waals surface area (Å²) in [4.78, 5) is 18.0. The second-order valence-electron chi connectivity index (χ2n) is 4.87. The van der Waals surface area contributed by atoms with Crippen LogP contribution in [0, 0.1) is 5.92 Å². The van der Waals surface area contributed by atoms with Crippen molar-refractivity contribution < 1.29 is 4.79 Å². The fourth-order valence-electron chi connectivity index (χ4n) is 1.57. The van der Waals surface area contributed by atoms with Crippen molar-refractivity contribution in [2.24, 2.45) is 11.7 Å². The highest BCUT2D eigenvalue weighted by Gasteiger charge is 2.17. The van der Waals surface area contributed by atoms with Gasteiger partial charge in [-0.05, 0) is 12.0 Å². The van der Waals surface area contributed by atoms with Gasteiger partial charge < -0.3 is 16.0 Å². The molecule has 1 atom stereocenters. The van der Waals surface area contributed by atoms with Crippen LogP contribution in [0.2, 0.25) is 0 Å². The van der Waals surface area contributed by atoms with Crippen molar-refractivity contribution in [3.8, 4) is 0 Å². The van der Waals surface area contributed by atoms with Crippen LogP contribution in [-0.4, -0.2) is 31.0 Å². The van der Waals surface area contributed by atoms with Crippen LogP contribution in [0.4, 0.5) is 5.82 Å². The lowest BCUT2D eigenvalue weighted by atomic mass is 10.0. The van der Waals surface area contributed by atoms with Crippen molar-refractivity contribution in [1.82, 2.24) is 10.3 Å². The molecule has 3 N–H and O–H groups in total. The summed E-state index contributed by atoms with van der Waals surface area (Å²) in [5.74, 6) is 0.863. The molecular formula is C13H23ClN4O. The number of nitrogens with zero attached hydrogens (tertiary/aromatic N) is 2. The molecule has 0 spiro atoms. The highest BCUT2D eigenvalue weighted by Crippen LogP contribution is 2.13. The first-order valence-corrected chi connectivity index (χ1v) is 6.08. The maximum absolute atomic E-state index is 11.8. The number of rotatable bonds is 5. The maximum atomic E-state index is 11.8. The fourth-order valence-corrected chi connectivity index (χ4v) is 1.57. The largest absolute Gasteiger partial charge is 0.362 e. The lowest BCUT2D eigenvalue weighted by molar-refractivity contribution is -0.123. The zero-order valence-corrected chi connectivity index (χ0v) is 12.7. The van der Waals surface area contributed by atoms with Gasteiger partial charge in [0.25, 0.3) is 0 Å². The molecule has 0 aliphatic carbocycles. The number of nitrogens with one attached hydrogen (secondary N) is 1. The number of aromatic nitrogens is 1. The summed E-state index contributed by atoms with van der Waals surface area (Å²) >= 11 is 0. The van der Waals surface area contributed by atoms with E-state index in [4.69, 9.17) is 5.73 Å². The molecule has 0 fully saturated rings. The number of carbonyl (C=O) groups excluding carboxylic acids is 1. The summed E-state index contributed by atoms with van der Waals surface area (Å²) < 4.78 is 0. The van der Waals surface area contributed by atoms with E-state index in [-0.39, 0.29) is 24.2 Å². The van der Waals surface area contributed by atoms with E-state index in [1.54, 1.807) is 6.20 Å². The first kappa shape index (κ1) is 17.7. The topological polar surface area (TPSA) is 71.2 Å². The lowest BCUT2D eigenvalue weighted by Crippen LogP contribution is -2.43. The molecule has 1 aromatic rings. The van der Waals surface area contributed by atoms with E-state index in [1.807, 2.05) is 45.0 Å². The molecule has 6 heteroatoms. The Bertz CT molecular complexity index is 409. The summed E-state index contributed by atoms with van der Waals surface area (Å²) in [5, 5.41) is 2.84. The van der Waals surface area contributed by atoms with Gasteiger partial charge in [0.05, 0.1) is 6.04 Å². The van der Waals surface area contributed by atoms with Crippen molar-refractivity contribution in [2.75, 3.05) is 19.0 Å². The molecule has 1 rings (SSSR count). The van der Waals surface area contributed by atoms with Gasteiger partial charge in [-0.15, -0.1) is 12.4 Å². The third-order valence-electron chi connectivity index (χ3n) is 2.77. The van der Waals surface area contributed by atoms with Crippen LogP contribution in [0.15, 0.2) is 18.3 Å². The van der Waals surface area contributed by atoms with E-state index in [9.17, 15) is 4.79 Å². The number of hydrogen-bond acceptors (Lipinski definition) is 4. The molecule has 1 aromatic heterocycles. The van der Waals surface area contributed by atoms with Crippen LogP contribution in [0.3, 0.4) is 0 Å². The zero-order valence-electron chi connectivity index (χ0n) is 11.9. The average molecular weight is 287 g/mol. The van der Waals surface area contributed by atoms with Gasteiger partial charge in [-0.25, -0.2) is 4.98 Å². The van der Waals surface area contributed by atoms with E-state index >= 15 is 0 Å². The first-order valence-electron chi connectivity index (χ1n) is 6.08. The average Bonchev–Trinajstić information content (AvgIpc) is 2.35. The number of amides is 1. The smallest absolute Gasteiger partial charge is 0.237 e. The van der Waals surface area contributed by atoms with Crippen LogP contribution >= 0.6 is 12.4 Å². The van der Waals surface area contributed by atoms with E-state index in [1.165, 1.54) is 0 Å². The van der Waals surface area contributed by atoms with Crippen LogP contribution in [0.25, 0.3) is 0 Å². The monoisotopic (exact) mass is 286 g/mol. The molecule has 0 saturated heterocycles. The van der Waals surface area contributed by atoms with Crippen LogP contribution in [0.5, 0.6) is 0 Å². The van der Waals surface area contributed by atoms with Gasteiger partial charge in [-0.1, -0.05) is 19.9 Å². The minimum Gasteiger partial charge on any atom is -0.362 e. The molecule has 0 aliphatic rings. The predicted octanol–water partition coefficient (Wildman–Crippen LogP) is 1.17. The predicted molar refractivity (Wildman–Crippen MR) is 80.5 cm³/mol. The van der Waals surface area contributed by atoms with Crippen LogP contribution in [-0.2, 0) is 11.3 Å². The Hall–Kier alpha value is -1.33. The van der Waals surface area contributed by atoms with Crippen molar-refractivity contribution in [3.05, 3.63) is 23.9 Å². The first-order chi connectivity index (χ1) is 8.43. The van der Waals surface area contributed by atoms with Crippen molar-refractivity contribution in [2.45, 2.75) is 26.4 Å². The summed E-state index contributed by atoms with van der Waals surface area (Å²) in [5.41, 5.74) is 6.76. The highest BCUT2D eigenvalue weighted by molar-refractivity contribution is 5.85. The SMILES string of the molecule is CC(C)[C@H](N)C(=O)NCc1cccnc1N(C)C.Cl. The van der Waals surface area contributed by atoms with Crippen molar-refractivity contribution in [1.29, 1.82) is 0 Å². The molecule has 19 heavy (non-hydrogen) atoms. The third kappa shape index (κ3) is 5.04. The van der Waals surface area contributed by atoms with Gasteiger partial charge in [0.1, 0.15) is 5.82 Å². The molecule has 1 heterocycles. The molecular weight excluding hydrogens is 264 g/mol. The summed E-state index contributed by atoms with van der Waals surface area (Å²) in [6.45, 7) is 4.31. The Labute approximate surface area is 121 Å². The number of hydrogen-bond donors (Lipinski definition) is 2. The summed E-state index contributed by atoms with van der Waals surface area (Å²) in [6.07, 6.45) is 1.74. The summed E-state index contributed by atoms with van der Waals surface area (Å²) in [6, 6.07) is 3.34. The fraction of sp³-hybridized carbons (Fsp3) is 0.538. The van der Waals surface area contributed by atoms with Gasteiger partial charge in [-0.3, -0.25) is 4.79 Å². The number of halogens is 1. The molecule has 1 amide bonds. The van der Waals surface area contributed by atoms with E-state index in [2.05, 4.69) is 10.3 Å². The molecule has 108 valence electrons. The van der Waals surface area contributed by atoms with Crippen LogP contribution < -0.4 is 16.0 Å². The molecule has 0 radical (unpaired) electrons. The Morgan fingerprint density at radius 3 is 2.63 bits per heavy atom. The van der Waals surface area contributed by atoms with Crippen molar-refractivity contribution in [3.63, 3.8) is 0 Å². The molecule has 0 aromatic carbocycles. The Morgan fingerprint density at radius 2 is 2.11 bits per heavy atom. The van der Waals surface area contributed by atoms with Gasteiger partial charge in [0.15, 0.2) is 0 Å². The minimum atomic E-state index is -0.468. The number of anilines is 1. The standard InChI is InChI=1S/C13H22N4O.ClH/c1-9(2)11(14)13(18)16-8-10-6-5-7-15-12(10)17(3)4;/h5-7,9,11H,8,14H2,1-4H3,(H,16,18);1H/t11-;/m0./s1. The highest BCUT2D eigenvalue weighted by atomic mass is 35.5. The minimum absolute atomic E-state index is 0. The number of carbonyl (C=O) groups is 1. The Morgan fingerprint density at radius 1 is 1.47 bits per heavy atom. The molecule has 0 saturated carbocycles. The zero-order chi connectivity index (χ0) is 13.7. The second kappa shape index (κ2) is 7.96. The van der Waals surface area contributed by atoms with E-state index < -0.39 is 6.04 Å². The van der Waals surface area contributed by atoms with E-state index in [0.717, 1.165) is 11.4 Å². The molecule has 0 aliphatic heterocycles. The number of pyridine rings is 1. The van der Waals surface area contributed by atoms with E-state index in [0.29, 0.717) is 6.54 Å². The van der Waals surface area contributed by atoms with Gasteiger partial charge in [0.2, 0.25) is 5.91 Å². The van der Waals surface area contributed by atoms with Gasteiger partial charge >= 0.3 is 0 Å². The van der Waals surface area contributed by atoms with Gasteiger partial charge in [-0.2, -0.15) is 0 Å². The molecule has 0 bridgehead atoms. The van der Waals surface area contributed by atoms with Gasteiger partial charge in [0, 0.05) is 32.4 Å². The van der Waals surface area contributed by atoms with Crippen molar-refractivity contribution >= 4 is 24.1 Å². The number of nitrogens with two attached hydrogens (primary N) is 1. The molecule has 0 unspecified atom stereocenters. The Kier molecular flexibility index (Phi) is 7.41. The molecule has 5 nitrogen and oxygen atoms in total. The van der Waals surface area contributed by atoms with Crippen LogP contribution in [0.1, 0.15) is 19.4 Å². The third-order valence-corrected chi connectivity index (χ3v) is 2.77. The normalized spacial score (nSPS) is 11.7. The summed E-state index contributed by atoms with van der Waals surface area (Å²) in [7, 11) is 3.85. The maximum Gasteiger partial charge on any atom is 0.237 e. The Balaban J connectivity index is 0.00000324.